The predicted molar refractivity (Wildman–Crippen MR) is 50.1 cm³/mol. The molecule has 0 aromatic carbocycles. The van der Waals surface area contributed by atoms with Gasteiger partial charge in [-0.05, 0) is 19.1 Å². The summed E-state index contributed by atoms with van der Waals surface area (Å²) in [6.07, 6.45) is 4.53. The SMILES string of the molecule is C=CC(C)NCCc1ccco1. The lowest BCUT2D eigenvalue weighted by atomic mass is 10.3. The third-order valence-corrected chi connectivity index (χ3v) is 1.77. The van der Waals surface area contributed by atoms with Crippen molar-refractivity contribution in [2.75, 3.05) is 6.54 Å². The molecule has 1 aromatic heterocycles. The van der Waals surface area contributed by atoms with Crippen LogP contribution in [0.2, 0.25) is 0 Å². The second-order valence-electron chi connectivity index (χ2n) is 2.81. The monoisotopic (exact) mass is 165 g/mol. The average Bonchev–Trinajstić information content (AvgIpc) is 2.57. The number of hydrogen-bond acceptors (Lipinski definition) is 2. The molecule has 0 aliphatic rings. The minimum absolute atomic E-state index is 0.375. The maximum Gasteiger partial charge on any atom is 0.105 e. The number of nitrogens with one attached hydrogen (secondary N) is 1. The molecule has 0 fully saturated rings. The first-order chi connectivity index (χ1) is 5.83. The molecule has 1 aromatic rings. The van der Waals surface area contributed by atoms with Crippen molar-refractivity contribution < 1.29 is 4.42 Å². The summed E-state index contributed by atoms with van der Waals surface area (Å²) in [4.78, 5) is 0. The summed E-state index contributed by atoms with van der Waals surface area (Å²) < 4.78 is 5.18. The average molecular weight is 165 g/mol. The van der Waals surface area contributed by atoms with Gasteiger partial charge >= 0.3 is 0 Å². The first-order valence-electron chi connectivity index (χ1n) is 4.21. The molecule has 0 bridgehead atoms. The number of furan rings is 1. The van der Waals surface area contributed by atoms with Crippen LogP contribution in [0.3, 0.4) is 0 Å². The van der Waals surface area contributed by atoms with Crippen LogP contribution in [0.5, 0.6) is 0 Å². The summed E-state index contributed by atoms with van der Waals surface area (Å²) in [5.74, 6) is 1.03. The quantitative estimate of drug-likeness (QED) is 0.675. The van der Waals surface area contributed by atoms with Crippen molar-refractivity contribution >= 4 is 0 Å². The minimum atomic E-state index is 0.375. The van der Waals surface area contributed by atoms with E-state index >= 15 is 0 Å². The molecule has 1 unspecified atom stereocenters. The van der Waals surface area contributed by atoms with E-state index in [0.29, 0.717) is 6.04 Å². The molecular formula is C10H15NO. The molecule has 2 heteroatoms. The summed E-state index contributed by atoms with van der Waals surface area (Å²) in [5.41, 5.74) is 0. The normalized spacial score (nSPS) is 12.8. The third kappa shape index (κ3) is 2.93. The van der Waals surface area contributed by atoms with Crippen molar-refractivity contribution in [3.05, 3.63) is 36.8 Å². The van der Waals surface area contributed by atoms with E-state index in [2.05, 4.69) is 18.8 Å². The number of hydrogen-bond donors (Lipinski definition) is 1. The molecule has 1 heterocycles. The van der Waals surface area contributed by atoms with E-state index < -0.39 is 0 Å². The van der Waals surface area contributed by atoms with Gasteiger partial charge in [0.1, 0.15) is 5.76 Å². The Labute approximate surface area is 73.3 Å². The fourth-order valence-electron chi connectivity index (χ4n) is 0.961. The molecule has 12 heavy (non-hydrogen) atoms. The zero-order valence-corrected chi connectivity index (χ0v) is 7.42. The summed E-state index contributed by atoms with van der Waals surface area (Å²) in [5, 5.41) is 3.29. The highest BCUT2D eigenvalue weighted by Gasteiger charge is 1.96. The zero-order chi connectivity index (χ0) is 8.81. The largest absolute Gasteiger partial charge is 0.469 e. The van der Waals surface area contributed by atoms with Crippen molar-refractivity contribution in [3.8, 4) is 0 Å². The molecular weight excluding hydrogens is 150 g/mol. The highest BCUT2D eigenvalue weighted by Crippen LogP contribution is 1.99. The van der Waals surface area contributed by atoms with E-state index in [9.17, 15) is 0 Å². The molecule has 1 N–H and O–H groups in total. The first-order valence-corrected chi connectivity index (χ1v) is 4.21. The first kappa shape index (κ1) is 9.07. The molecule has 2 nitrogen and oxygen atoms in total. The third-order valence-electron chi connectivity index (χ3n) is 1.77. The Morgan fingerprint density at radius 1 is 1.75 bits per heavy atom. The highest BCUT2D eigenvalue weighted by atomic mass is 16.3. The van der Waals surface area contributed by atoms with E-state index in [1.807, 2.05) is 18.2 Å². The van der Waals surface area contributed by atoms with E-state index in [-0.39, 0.29) is 0 Å². The topological polar surface area (TPSA) is 25.2 Å². The van der Waals surface area contributed by atoms with Crippen LogP contribution >= 0.6 is 0 Å². The zero-order valence-electron chi connectivity index (χ0n) is 7.42. The van der Waals surface area contributed by atoms with Crippen molar-refractivity contribution in [2.45, 2.75) is 19.4 Å². The summed E-state index contributed by atoms with van der Waals surface area (Å²) in [7, 11) is 0. The van der Waals surface area contributed by atoms with Crippen LogP contribution in [0.25, 0.3) is 0 Å². The molecule has 66 valence electrons. The van der Waals surface area contributed by atoms with Crippen molar-refractivity contribution in [3.63, 3.8) is 0 Å². The van der Waals surface area contributed by atoms with E-state index in [0.717, 1.165) is 18.7 Å². The second-order valence-corrected chi connectivity index (χ2v) is 2.81. The maximum absolute atomic E-state index is 5.18. The van der Waals surface area contributed by atoms with Gasteiger partial charge in [0.25, 0.3) is 0 Å². The van der Waals surface area contributed by atoms with Gasteiger partial charge in [-0.2, -0.15) is 0 Å². The Morgan fingerprint density at radius 2 is 2.58 bits per heavy atom. The fourth-order valence-corrected chi connectivity index (χ4v) is 0.961. The standard InChI is InChI=1S/C10H15NO/c1-3-9(2)11-7-6-10-5-4-8-12-10/h3-5,8-9,11H,1,6-7H2,2H3. The van der Waals surface area contributed by atoms with Crippen molar-refractivity contribution in [2.24, 2.45) is 0 Å². The lowest BCUT2D eigenvalue weighted by Crippen LogP contribution is -2.25. The maximum atomic E-state index is 5.18. The van der Waals surface area contributed by atoms with Crippen LogP contribution in [-0.2, 0) is 6.42 Å². The Bertz CT molecular complexity index is 216. The molecule has 0 aliphatic heterocycles. The van der Waals surface area contributed by atoms with Gasteiger partial charge in [0.2, 0.25) is 0 Å². The van der Waals surface area contributed by atoms with Crippen LogP contribution in [0.1, 0.15) is 12.7 Å². The van der Waals surface area contributed by atoms with Crippen LogP contribution in [-0.4, -0.2) is 12.6 Å². The van der Waals surface area contributed by atoms with E-state index in [4.69, 9.17) is 4.42 Å². The number of rotatable bonds is 5. The predicted octanol–water partition coefficient (Wildman–Crippen LogP) is 1.99. The molecule has 0 amide bonds. The molecule has 0 aliphatic carbocycles. The van der Waals surface area contributed by atoms with Crippen molar-refractivity contribution in [1.29, 1.82) is 0 Å². The summed E-state index contributed by atoms with van der Waals surface area (Å²) in [6, 6.07) is 4.27. The van der Waals surface area contributed by atoms with Crippen LogP contribution in [0.4, 0.5) is 0 Å². The molecule has 0 saturated carbocycles. The van der Waals surface area contributed by atoms with Crippen molar-refractivity contribution in [1.82, 2.24) is 5.32 Å². The van der Waals surface area contributed by atoms with Gasteiger partial charge < -0.3 is 9.73 Å². The molecule has 1 atom stereocenters. The Morgan fingerprint density at radius 3 is 3.17 bits per heavy atom. The Kier molecular flexibility index (Phi) is 3.61. The van der Waals surface area contributed by atoms with E-state index in [1.54, 1.807) is 6.26 Å². The van der Waals surface area contributed by atoms with Gasteiger partial charge in [-0.1, -0.05) is 6.08 Å². The molecule has 0 spiro atoms. The Balaban J connectivity index is 2.15. The lowest BCUT2D eigenvalue weighted by Gasteiger charge is -2.06. The van der Waals surface area contributed by atoms with Gasteiger partial charge in [0.15, 0.2) is 0 Å². The minimum Gasteiger partial charge on any atom is -0.469 e. The molecule has 1 rings (SSSR count). The van der Waals surface area contributed by atoms with Gasteiger partial charge in [-0.3, -0.25) is 0 Å². The van der Waals surface area contributed by atoms with Gasteiger partial charge in [-0.15, -0.1) is 6.58 Å². The van der Waals surface area contributed by atoms with Gasteiger partial charge in [-0.25, -0.2) is 0 Å². The fraction of sp³-hybridized carbons (Fsp3) is 0.400. The van der Waals surface area contributed by atoms with Crippen LogP contribution in [0, 0.1) is 0 Å². The van der Waals surface area contributed by atoms with Crippen LogP contribution in [0.15, 0.2) is 35.5 Å². The second kappa shape index (κ2) is 4.78. The Hall–Kier alpha value is -1.02. The van der Waals surface area contributed by atoms with Gasteiger partial charge in [0, 0.05) is 19.0 Å². The molecule has 0 saturated heterocycles. The highest BCUT2D eigenvalue weighted by molar-refractivity contribution is 4.98. The summed E-state index contributed by atoms with van der Waals surface area (Å²) >= 11 is 0. The summed E-state index contributed by atoms with van der Waals surface area (Å²) in [6.45, 7) is 6.70. The molecule has 0 radical (unpaired) electrons. The van der Waals surface area contributed by atoms with Crippen LogP contribution < -0.4 is 5.32 Å². The van der Waals surface area contributed by atoms with Gasteiger partial charge in [0.05, 0.1) is 6.26 Å². The smallest absolute Gasteiger partial charge is 0.105 e. The van der Waals surface area contributed by atoms with E-state index in [1.165, 1.54) is 0 Å². The lowest BCUT2D eigenvalue weighted by molar-refractivity contribution is 0.494.